The Balaban J connectivity index is 2.32. The molecule has 2 aromatic rings. The second kappa shape index (κ2) is 4.63. The highest BCUT2D eigenvalue weighted by Gasteiger charge is 2.19. The van der Waals surface area contributed by atoms with Gasteiger partial charge in [0.15, 0.2) is 17.3 Å². The third-order valence-corrected chi connectivity index (χ3v) is 2.46. The Morgan fingerprint density at radius 2 is 1.89 bits per heavy atom. The van der Waals surface area contributed by atoms with Crippen molar-refractivity contribution in [3.05, 3.63) is 41.0 Å². The molecule has 2 rings (SSSR count). The number of aromatic nitrogens is 2. The van der Waals surface area contributed by atoms with E-state index in [2.05, 4.69) is 10.2 Å². The molecule has 1 amide bonds. The number of nitrogen functional groups attached to an aromatic ring is 1. The van der Waals surface area contributed by atoms with Crippen LogP contribution in [0.3, 0.4) is 0 Å². The molecule has 0 aliphatic heterocycles. The van der Waals surface area contributed by atoms with Crippen LogP contribution in [-0.2, 0) is 0 Å². The summed E-state index contributed by atoms with van der Waals surface area (Å²) in [5, 5.41) is 8.02. The number of carbonyl (C=O) groups is 1. The lowest BCUT2D eigenvalue weighted by atomic mass is 10.2. The number of anilines is 2. The SMILES string of the molecule is Cc1[nH]nc(C(=O)Nc2c(F)cc(F)cc2F)c1N. The largest absolute Gasteiger partial charge is 0.395 e. The zero-order chi connectivity index (χ0) is 14.2. The molecule has 0 saturated carbocycles. The highest BCUT2D eigenvalue weighted by molar-refractivity contribution is 6.06. The minimum atomic E-state index is -1.23. The lowest BCUT2D eigenvalue weighted by molar-refractivity contribution is 0.102. The first-order valence-corrected chi connectivity index (χ1v) is 5.16. The second-order valence-corrected chi connectivity index (χ2v) is 3.81. The monoisotopic (exact) mass is 270 g/mol. The summed E-state index contributed by atoms with van der Waals surface area (Å²) in [5.41, 5.74) is 5.12. The number of rotatable bonds is 2. The smallest absolute Gasteiger partial charge is 0.278 e. The van der Waals surface area contributed by atoms with E-state index in [-0.39, 0.29) is 11.4 Å². The van der Waals surface area contributed by atoms with Crippen molar-refractivity contribution >= 4 is 17.3 Å². The summed E-state index contributed by atoms with van der Waals surface area (Å²) >= 11 is 0. The average Bonchev–Trinajstić information content (AvgIpc) is 2.64. The number of H-pyrrole nitrogens is 1. The molecule has 0 unspecified atom stereocenters. The van der Waals surface area contributed by atoms with Gasteiger partial charge in [-0.3, -0.25) is 9.89 Å². The first-order valence-electron chi connectivity index (χ1n) is 5.16. The fraction of sp³-hybridized carbons (Fsp3) is 0.0909. The Labute approximate surface area is 105 Å². The highest BCUT2D eigenvalue weighted by atomic mass is 19.1. The van der Waals surface area contributed by atoms with Crippen molar-refractivity contribution in [3.63, 3.8) is 0 Å². The molecule has 0 aliphatic rings. The van der Waals surface area contributed by atoms with Gasteiger partial charge in [0.1, 0.15) is 11.5 Å². The number of amides is 1. The van der Waals surface area contributed by atoms with Gasteiger partial charge in [-0.25, -0.2) is 13.2 Å². The fourth-order valence-corrected chi connectivity index (χ4v) is 1.45. The maximum atomic E-state index is 13.3. The first kappa shape index (κ1) is 12.9. The average molecular weight is 270 g/mol. The van der Waals surface area contributed by atoms with E-state index in [0.29, 0.717) is 17.8 Å². The third kappa shape index (κ3) is 2.37. The summed E-state index contributed by atoms with van der Waals surface area (Å²) in [6, 6.07) is 0.912. The standard InChI is InChI=1S/C11H9F3N4O/c1-4-8(15)10(18-17-4)11(19)16-9-6(13)2-5(12)3-7(9)14/h2-3H,15H2,1H3,(H,16,19)(H,17,18). The number of aryl methyl sites for hydroxylation is 1. The van der Waals surface area contributed by atoms with Crippen molar-refractivity contribution in [3.8, 4) is 0 Å². The number of nitrogens with two attached hydrogens (primary N) is 1. The molecule has 4 N–H and O–H groups in total. The van der Waals surface area contributed by atoms with E-state index >= 15 is 0 Å². The number of nitrogens with zero attached hydrogens (tertiary/aromatic N) is 1. The van der Waals surface area contributed by atoms with Crippen LogP contribution in [0.1, 0.15) is 16.2 Å². The van der Waals surface area contributed by atoms with Crippen LogP contribution < -0.4 is 11.1 Å². The van der Waals surface area contributed by atoms with Gasteiger partial charge in [0.25, 0.3) is 5.91 Å². The zero-order valence-electron chi connectivity index (χ0n) is 9.72. The Hall–Kier alpha value is -2.51. The van der Waals surface area contributed by atoms with E-state index in [1.165, 1.54) is 0 Å². The van der Waals surface area contributed by atoms with Gasteiger partial charge >= 0.3 is 0 Å². The van der Waals surface area contributed by atoms with Crippen LogP contribution in [0, 0.1) is 24.4 Å². The van der Waals surface area contributed by atoms with Crippen molar-refractivity contribution in [2.45, 2.75) is 6.92 Å². The Kier molecular flexibility index (Phi) is 3.16. The Morgan fingerprint density at radius 3 is 2.37 bits per heavy atom. The molecule has 1 aromatic carbocycles. The van der Waals surface area contributed by atoms with E-state index in [9.17, 15) is 18.0 Å². The van der Waals surface area contributed by atoms with Crippen LogP contribution in [0.2, 0.25) is 0 Å². The number of halogens is 3. The molecule has 0 bridgehead atoms. The van der Waals surface area contributed by atoms with Crippen LogP contribution in [0.25, 0.3) is 0 Å². The normalized spacial score (nSPS) is 10.5. The van der Waals surface area contributed by atoms with Crippen LogP contribution in [-0.4, -0.2) is 16.1 Å². The number of nitrogens with one attached hydrogen (secondary N) is 2. The molecule has 0 saturated heterocycles. The summed E-state index contributed by atoms with van der Waals surface area (Å²) in [6.45, 7) is 1.58. The molecule has 0 aliphatic carbocycles. The molecular weight excluding hydrogens is 261 g/mol. The van der Waals surface area contributed by atoms with Gasteiger partial charge in [-0.1, -0.05) is 0 Å². The molecule has 0 spiro atoms. The predicted molar refractivity (Wildman–Crippen MR) is 62.0 cm³/mol. The van der Waals surface area contributed by atoms with E-state index < -0.39 is 29.0 Å². The maximum absolute atomic E-state index is 13.3. The summed E-state index contributed by atoms with van der Waals surface area (Å²) in [5.74, 6) is -4.43. The number of hydrogen-bond donors (Lipinski definition) is 3. The lowest BCUT2D eigenvalue weighted by Crippen LogP contribution is -2.16. The number of benzene rings is 1. The van der Waals surface area contributed by atoms with Gasteiger partial charge in [-0.2, -0.15) is 5.10 Å². The van der Waals surface area contributed by atoms with E-state index in [1.807, 2.05) is 5.32 Å². The minimum Gasteiger partial charge on any atom is -0.395 e. The van der Waals surface area contributed by atoms with Gasteiger partial charge in [0.2, 0.25) is 0 Å². The summed E-state index contributed by atoms with van der Waals surface area (Å²) in [7, 11) is 0. The van der Waals surface area contributed by atoms with Crippen LogP contribution in [0.5, 0.6) is 0 Å². The topological polar surface area (TPSA) is 83.8 Å². The molecule has 5 nitrogen and oxygen atoms in total. The van der Waals surface area contributed by atoms with Gasteiger partial charge in [0, 0.05) is 12.1 Å². The summed E-state index contributed by atoms with van der Waals surface area (Å²) in [4.78, 5) is 11.7. The quantitative estimate of drug-likeness (QED) is 0.780. The molecule has 100 valence electrons. The molecule has 0 atom stereocenters. The first-order chi connectivity index (χ1) is 8.90. The van der Waals surface area contributed by atoms with Crippen molar-refractivity contribution < 1.29 is 18.0 Å². The maximum Gasteiger partial charge on any atom is 0.278 e. The van der Waals surface area contributed by atoms with Gasteiger partial charge in [0.05, 0.1) is 11.4 Å². The minimum absolute atomic E-state index is 0.0698. The van der Waals surface area contributed by atoms with Crippen molar-refractivity contribution in [2.24, 2.45) is 0 Å². The highest BCUT2D eigenvalue weighted by Crippen LogP contribution is 2.22. The summed E-state index contributed by atoms with van der Waals surface area (Å²) in [6.07, 6.45) is 0. The fourth-order valence-electron chi connectivity index (χ4n) is 1.45. The van der Waals surface area contributed by atoms with Crippen LogP contribution in [0.15, 0.2) is 12.1 Å². The number of aromatic amines is 1. The number of carbonyl (C=O) groups excluding carboxylic acids is 1. The molecule has 1 aromatic heterocycles. The van der Waals surface area contributed by atoms with Crippen molar-refractivity contribution in [1.82, 2.24) is 10.2 Å². The molecular formula is C11H9F3N4O. The van der Waals surface area contributed by atoms with Gasteiger partial charge in [-0.05, 0) is 6.92 Å². The van der Waals surface area contributed by atoms with Crippen LogP contribution in [0.4, 0.5) is 24.5 Å². The molecule has 1 heterocycles. The molecule has 8 heteroatoms. The van der Waals surface area contributed by atoms with Crippen LogP contribution >= 0.6 is 0 Å². The Morgan fingerprint density at radius 1 is 1.32 bits per heavy atom. The zero-order valence-corrected chi connectivity index (χ0v) is 9.72. The van der Waals surface area contributed by atoms with E-state index in [1.54, 1.807) is 6.92 Å². The number of hydrogen-bond acceptors (Lipinski definition) is 3. The second-order valence-electron chi connectivity index (χ2n) is 3.81. The molecule has 0 radical (unpaired) electrons. The van der Waals surface area contributed by atoms with Gasteiger partial charge < -0.3 is 11.1 Å². The van der Waals surface area contributed by atoms with E-state index in [0.717, 1.165) is 0 Å². The van der Waals surface area contributed by atoms with Crippen molar-refractivity contribution in [2.75, 3.05) is 11.1 Å². The molecule has 0 fully saturated rings. The van der Waals surface area contributed by atoms with Crippen molar-refractivity contribution in [1.29, 1.82) is 0 Å². The lowest BCUT2D eigenvalue weighted by Gasteiger charge is -2.06. The Bertz CT molecular complexity index is 630. The summed E-state index contributed by atoms with van der Waals surface area (Å²) < 4.78 is 39.4. The molecule has 19 heavy (non-hydrogen) atoms. The van der Waals surface area contributed by atoms with Gasteiger partial charge in [-0.15, -0.1) is 0 Å². The predicted octanol–water partition coefficient (Wildman–Crippen LogP) is 1.97. The van der Waals surface area contributed by atoms with E-state index in [4.69, 9.17) is 5.73 Å². The third-order valence-electron chi connectivity index (χ3n) is 2.46.